The molecule has 5 nitrogen and oxygen atoms in total. The molecule has 1 aromatic carbocycles. The monoisotopic (exact) mass is 362 g/mol. The Bertz CT molecular complexity index is 720. The molecule has 134 valence electrons. The number of halogens is 1. The van der Waals surface area contributed by atoms with Gasteiger partial charge in [0.15, 0.2) is 11.5 Å². The molecule has 0 bridgehead atoms. The van der Waals surface area contributed by atoms with Crippen molar-refractivity contribution in [1.82, 2.24) is 9.88 Å². The van der Waals surface area contributed by atoms with Gasteiger partial charge in [0.1, 0.15) is 0 Å². The number of nitrogens with zero attached hydrogens (tertiary/aromatic N) is 2. The minimum atomic E-state index is -0.165. The summed E-state index contributed by atoms with van der Waals surface area (Å²) in [5.41, 5.74) is 1.26. The predicted octanol–water partition coefficient (Wildman–Crippen LogP) is 4.05. The molecule has 6 heteroatoms. The Hall–Kier alpha value is -2.27. The fraction of sp³-hybridized carbons (Fsp3) is 0.368. The highest BCUT2D eigenvalue weighted by Crippen LogP contribution is 2.37. The molecule has 0 N–H and O–H groups in total. The molecular weight excluding hydrogens is 340 g/mol. The summed E-state index contributed by atoms with van der Waals surface area (Å²) < 4.78 is 11.1. The standard InChI is InChI=1S/C19H23ClN2O3/c1-13(2)12-25-18-16(20)9-14(10-17(18)24-4)19(23)22(3)11-15-7-5-6-8-21-15/h5-10,13H,11-12H2,1-4H3. The van der Waals surface area contributed by atoms with Gasteiger partial charge in [0.25, 0.3) is 5.91 Å². The third-order valence-electron chi connectivity index (χ3n) is 3.51. The van der Waals surface area contributed by atoms with Crippen molar-refractivity contribution in [2.75, 3.05) is 20.8 Å². The van der Waals surface area contributed by atoms with E-state index < -0.39 is 0 Å². The van der Waals surface area contributed by atoms with Crippen LogP contribution in [0.5, 0.6) is 11.5 Å². The Balaban J connectivity index is 2.20. The molecular formula is C19H23ClN2O3. The van der Waals surface area contributed by atoms with Gasteiger partial charge in [0, 0.05) is 18.8 Å². The third-order valence-corrected chi connectivity index (χ3v) is 3.79. The molecule has 2 aromatic rings. The predicted molar refractivity (Wildman–Crippen MR) is 98.4 cm³/mol. The van der Waals surface area contributed by atoms with E-state index in [1.165, 1.54) is 7.11 Å². The lowest BCUT2D eigenvalue weighted by Gasteiger charge is -2.19. The largest absolute Gasteiger partial charge is 0.493 e. The van der Waals surface area contributed by atoms with Gasteiger partial charge in [-0.1, -0.05) is 31.5 Å². The lowest BCUT2D eigenvalue weighted by Crippen LogP contribution is -2.26. The molecule has 0 spiro atoms. The normalized spacial score (nSPS) is 10.6. The summed E-state index contributed by atoms with van der Waals surface area (Å²) in [5, 5.41) is 0.356. The van der Waals surface area contributed by atoms with Gasteiger partial charge in [-0.05, 0) is 30.2 Å². The van der Waals surface area contributed by atoms with Crippen LogP contribution in [0.1, 0.15) is 29.9 Å². The summed E-state index contributed by atoms with van der Waals surface area (Å²) in [7, 11) is 3.25. The summed E-state index contributed by atoms with van der Waals surface area (Å²) in [6.45, 7) is 5.02. The lowest BCUT2D eigenvalue weighted by atomic mass is 10.1. The highest BCUT2D eigenvalue weighted by Gasteiger charge is 2.19. The number of aromatic nitrogens is 1. The number of pyridine rings is 1. The fourth-order valence-electron chi connectivity index (χ4n) is 2.26. The van der Waals surface area contributed by atoms with E-state index in [1.807, 2.05) is 32.0 Å². The number of benzene rings is 1. The molecule has 0 aliphatic rings. The zero-order chi connectivity index (χ0) is 18.4. The topological polar surface area (TPSA) is 51.7 Å². The molecule has 0 fully saturated rings. The van der Waals surface area contributed by atoms with Crippen molar-refractivity contribution in [1.29, 1.82) is 0 Å². The van der Waals surface area contributed by atoms with E-state index in [2.05, 4.69) is 4.98 Å². The minimum Gasteiger partial charge on any atom is -0.493 e. The van der Waals surface area contributed by atoms with E-state index in [0.29, 0.717) is 41.2 Å². The zero-order valence-electron chi connectivity index (χ0n) is 15.0. The fourth-order valence-corrected chi connectivity index (χ4v) is 2.53. The summed E-state index contributed by atoms with van der Waals surface area (Å²) in [4.78, 5) is 18.5. The molecule has 1 amide bonds. The molecule has 0 radical (unpaired) electrons. The van der Waals surface area contributed by atoms with E-state index in [0.717, 1.165) is 5.69 Å². The van der Waals surface area contributed by atoms with Crippen LogP contribution in [0.15, 0.2) is 36.5 Å². The molecule has 0 aliphatic heterocycles. The minimum absolute atomic E-state index is 0.165. The third kappa shape index (κ3) is 5.10. The summed E-state index contributed by atoms with van der Waals surface area (Å²) >= 11 is 6.32. The van der Waals surface area contributed by atoms with Crippen LogP contribution in [0, 0.1) is 5.92 Å². The number of ether oxygens (including phenoxy) is 2. The van der Waals surface area contributed by atoms with E-state index in [-0.39, 0.29) is 5.91 Å². The molecule has 1 heterocycles. The SMILES string of the molecule is COc1cc(C(=O)N(C)Cc2ccccn2)cc(Cl)c1OCC(C)C. The van der Waals surface area contributed by atoms with Crippen molar-refractivity contribution in [3.05, 3.63) is 52.8 Å². The van der Waals surface area contributed by atoms with Crippen LogP contribution in [0.4, 0.5) is 0 Å². The summed E-state index contributed by atoms with van der Waals surface area (Å²) in [6, 6.07) is 8.86. The van der Waals surface area contributed by atoms with Crippen LogP contribution in [0.3, 0.4) is 0 Å². The van der Waals surface area contributed by atoms with Gasteiger partial charge in [-0.15, -0.1) is 0 Å². The number of hydrogen-bond acceptors (Lipinski definition) is 4. The lowest BCUT2D eigenvalue weighted by molar-refractivity contribution is 0.0783. The van der Waals surface area contributed by atoms with Gasteiger partial charge in [-0.2, -0.15) is 0 Å². The first-order valence-corrected chi connectivity index (χ1v) is 8.45. The molecule has 0 unspecified atom stereocenters. The summed E-state index contributed by atoms with van der Waals surface area (Å²) in [5.74, 6) is 1.09. The first-order valence-electron chi connectivity index (χ1n) is 8.08. The van der Waals surface area contributed by atoms with Crippen molar-refractivity contribution < 1.29 is 14.3 Å². The first kappa shape index (κ1) is 19.1. The molecule has 0 atom stereocenters. The quantitative estimate of drug-likeness (QED) is 0.745. The van der Waals surface area contributed by atoms with Gasteiger partial charge in [0.05, 0.1) is 31.0 Å². The van der Waals surface area contributed by atoms with Crippen LogP contribution in [0.2, 0.25) is 5.02 Å². The smallest absolute Gasteiger partial charge is 0.254 e. The number of carbonyl (C=O) groups is 1. The van der Waals surface area contributed by atoms with E-state index in [4.69, 9.17) is 21.1 Å². The van der Waals surface area contributed by atoms with Crippen molar-refractivity contribution in [3.8, 4) is 11.5 Å². The van der Waals surface area contributed by atoms with Crippen molar-refractivity contribution in [2.45, 2.75) is 20.4 Å². The van der Waals surface area contributed by atoms with E-state index in [9.17, 15) is 4.79 Å². The van der Waals surface area contributed by atoms with E-state index in [1.54, 1.807) is 30.3 Å². The van der Waals surface area contributed by atoms with Gasteiger partial charge in [-0.25, -0.2) is 0 Å². The second-order valence-corrected chi connectivity index (χ2v) is 6.58. The van der Waals surface area contributed by atoms with Crippen molar-refractivity contribution >= 4 is 17.5 Å². The molecule has 0 saturated heterocycles. The maximum absolute atomic E-state index is 12.7. The number of amides is 1. The van der Waals surface area contributed by atoms with Crippen LogP contribution in [-0.2, 0) is 6.54 Å². The van der Waals surface area contributed by atoms with Gasteiger partial charge < -0.3 is 14.4 Å². The maximum Gasteiger partial charge on any atom is 0.254 e. The Morgan fingerprint density at radius 3 is 2.68 bits per heavy atom. The van der Waals surface area contributed by atoms with E-state index >= 15 is 0 Å². The Labute approximate surface area is 153 Å². The Morgan fingerprint density at radius 2 is 2.08 bits per heavy atom. The second kappa shape index (κ2) is 8.72. The average Bonchev–Trinajstić information content (AvgIpc) is 2.60. The summed E-state index contributed by atoms with van der Waals surface area (Å²) in [6.07, 6.45) is 1.70. The van der Waals surface area contributed by atoms with Crippen LogP contribution in [-0.4, -0.2) is 36.6 Å². The number of hydrogen-bond donors (Lipinski definition) is 0. The number of methoxy groups -OCH3 is 1. The van der Waals surface area contributed by atoms with Crippen LogP contribution < -0.4 is 9.47 Å². The number of rotatable bonds is 7. The molecule has 1 aromatic heterocycles. The second-order valence-electron chi connectivity index (χ2n) is 6.18. The van der Waals surface area contributed by atoms with Crippen molar-refractivity contribution in [3.63, 3.8) is 0 Å². The van der Waals surface area contributed by atoms with Gasteiger partial charge in [0.2, 0.25) is 0 Å². The maximum atomic E-state index is 12.7. The molecule has 0 saturated carbocycles. The molecule has 0 aliphatic carbocycles. The Kier molecular flexibility index (Phi) is 6.65. The first-order chi connectivity index (χ1) is 11.9. The highest BCUT2D eigenvalue weighted by molar-refractivity contribution is 6.32. The van der Waals surface area contributed by atoms with Crippen LogP contribution >= 0.6 is 11.6 Å². The van der Waals surface area contributed by atoms with Gasteiger partial charge in [-0.3, -0.25) is 9.78 Å². The van der Waals surface area contributed by atoms with Crippen LogP contribution in [0.25, 0.3) is 0 Å². The average molecular weight is 363 g/mol. The Morgan fingerprint density at radius 1 is 1.32 bits per heavy atom. The van der Waals surface area contributed by atoms with Crippen molar-refractivity contribution in [2.24, 2.45) is 5.92 Å². The number of carbonyl (C=O) groups excluding carboxylic acids is 1. The zero-order valence-corrected chi connectivity index (χ0v) is 15.7. The highest BCUT2D eigenvalue weighted by atomic mass is 35.5. The molecule has 25 heavy (non-hydrogen) atoms. The van der Waals surface area contributed by atoms with Gasteiger partial charge >= 0.3 is 0 Å². The molecule has 2 rings (SSSR count).